The van der Waals surface area contributed by atoms with Crippen molar-refractivity contribution in [2.75, 3.05) is 40.4 Å². The summed E-state index contributed by atoms with van der Waals surface area (Å²) in [4.78, 5) is 16.0. The highest BCUT2D eigenvalue weighted by molar-refractivity contribution is 14.0. The summed E-state index contributed by atoms with van der Waals surface area (Å²) in [6.07, 6.45) is 0.819. The third kappa shape index (κ3) is 8.75. The standard InChI is InChI=1S/C16H26N4O2.HI/c1-4-18-16(20-10-11-22-3)19-9-8-13-6-5-7-14(12-13)15(21)17-2;/h5-7,12H,4,8-11H2,1-3H3,(H,17,21)(H2,18,19,20);1H. The van der Waals surface area contributed by atoms with E-state index in [2.05, 4.69) is 20.9 Å². The Hall–Kier alpha value is -1.35. The summed E-state index contributed by atoms with van der Waals surface area (Å²) < 4.78 is 4.99. The van der Waals surface area contributed by atoms with E-state index in [1.165, 1.54) is 0 Å². The van der Waals surface area contributed by atoms with Gasteiger partial charge in [-0.3, -0.25) is 9.79 Å². The monoisotopic (exact) mass is 434 g/mol. The van der Waals surface area contributed by atoms with E-state index < -0.39 is 0 Å². The Morgan fingerprint density at radius 3 is 2.74 bits per heavy atom. The highest BCUT2D eigenvalue weighted by Crippen LogP contribution is 2.05. The molecule has 1 aromatic rings. The van der Waals surface area contributed by atoms with Gasteiger partial charge in [0.1, 0.15) is 0 Å². The van der Waals surface area contributed by atoms with Gasteiger partial charge in [0.2, 0.25) is 0 Å². The maximum Gasteiger partial charge on any atom is 0.251 e. The van der Waals surface area contributed by atoms with E-state index in [9.17, 15) is 4.79 Å². The minimum absolute atomic E-state index is 0. The van der Waals surface area contributed by atoms with Crippen LogP contribution in [-0.4, -0.2) is 52.3 Å². The van der Waals surface area contributed by atoms with Crippen LogP contribution in [0.2, 0.25) is 0 Å². The first-order valence-corrected chi connectivity index (χ1v) is 7.53. The lowest BCUT2D eigenvalue weighted by Crippen LogP contribution is -2.38. The molecule has 0 aliphatic heterocycles. The smallest absolute Gasteiger partial charge is 0.251 e. The average molecular weight is 434 g/mol. The minimum atomic E-state index is -0.0655. The van der Waals surface area contributed by atoms with Gasteiger partial charge in [0.15, 0.2) is 5.96 Å². The first-order valence-electron chi connectivity index (χ1n) is 7.53. The molecule has 0 unspecified atom stereocenters. The van der Waals surface area contributed by atoms with Crippen molar-refractivity contribution in [2.45, 2.75) is 13.3 Å². The van der Waals surface area contributed by atoms with Crippen LogP contribution in [0.25, 0.3) is 0 Å². The summed E-state index contributed by atoms with van der Waals surface area (Å²) in [6.45, 7) is 4.81. The lowest BCUT2D eigenvalue weighted by molar-refractivity contribution is 0.0963. The zero-order valence-electron chi connectivity index (χ0n) is 14.0. The van der Waals surface area contributed by atoms with E-state index in [1.807, 2.05) is 31.2 Å². The van der Waals surface area contributed by atoms with Crippen LogP contribution >= 0.6 is 24.0 Å². The lowest BCUT2D eigenvalue weighted by atomic mass is 10.1. The van der Waals surface area contributed by atoms with Crippen molar-refractivity contribution in [3.05, 3.63) is 35.4 Å². The molecule has 23 heavy (non-hydrogen) atoms. The normalized spacial score (nSPS) is 10.7. The van der Waals surface area contributed by atoms with Crippen LogP contribution < -0.4 is 16.0 Å². The Morgan fingerprint density at radius 1 is 1.30 bits per heavy atom. The van der Waals surface area contributed by atoms with Crippen molar-refractivity contribution >= 4 is 35.8 Å². The molecule has 0 radical (unpaired) electrons. The van der Waals surface area contributed by atoms with Crippen LogP contribution in [0.3, 0.4) is 0 Å². The Morgan fingerprint density at radius 2 is 2.09 bits per heavy atom. The van der Waals surface area contributed by atoms with Gasteiger partial charge < -0.3 is 20.7 Å². The van der Waals surface area contributed by atoms with Crippen molar-refractivity contribution < 1.29 is 9.53 Å². The second-order valence-electron chi connectivity index (χ2n) is 4.71. The van der Waals surface area contributed by atoms with Gasteiger partial charge >= 0.3 is 0 Å². The molecule has 7 heteroatoms. The summed E-state index contributed by atoms with van der Waals surface area (Å²) in [5.74, 6) is 0.714. The van der Waals surface area contributed by atoms with Gasteiger partial charge in [0.05, 0.1) is 13.2 Å². The molecule has 1 rings (SSSR count). The molecule has 0 saturated carbocycles. The molecular weight excluding hydrogens is 407 g/mol. The van der Waals surface area contributed by atoms with Crippen LogP contribution in [0, 0.1) is 0 Å². The van der Waals surface area contributed by atoms with Crippen LogP contribution in [-0.2, 0) is 11.2 Å². The number of aliphatic imine (C=N–C) groups is 1. The summed E-state index contributed by atoms with van der Waals surface area (Å²) in [5.41, 5.74) is 1.79. The van der Waals surface area contributed by atoms with E-state index >= 15 is 0 Å². The van der Waals surface area contributed by atoms with Crippen molar-refractivity contribution in [3.8, 4) is 0 Å². The Labute approximate surface area is 155 Å². The Balaban J connectivity index is 0.00000484. The third-order valence-corrected chi connectivity index (χ3v) is 3.03. The molecule has 3 N–H and O–H groups in total. The summed E-state index contributed by atoms with van der Waals surface area (Å²) >= 11 is 0. The predicted octanol–water partition coefficient (Wildman–Crippen LogP) is 1.41. The molecule has 0 bridgehead atoms. The van der Waals surface area contributed by atoms with Crippen LogP contribution in [0.15, 0.2) is 29.3 Å². The second kappa shape index (κ2) is 13.1. The number of methoxy groups -OCH3 is 1. The van der Waals surface area contributed by atoms with E-state index in [-0.39, 0.29) is 29.9 Å². The molecule has 1 amide bonds. The van der Waals surface area contributed by atoms with Gasteiger partial charge in [-0.15, -0.1) is 24.0 Å². The number of rotatable bonds is 8. The Kier molecular flexibility index (Phi) is 12.4. The molecule has 0 saturated heterocycles. The van der Waals surface area contributed by atoms with Gasteiger partial charge in [0.25, 0.3) is 5.91 Å². The fourth-order valence-electron chi connectivity index (χ4n) is 1.93. The summed E-state index contributed by atoms with van der Waals surface area (Å²) in [6, 6.07) is 7.64. The highest BCUT2D eigenvalue weighted by Gasteiger charge is 2.04. The van der Waals surface area contributed by atoms with Crippen LogP contribution in [0.5, 0.6) is 0 Å². The van der Waals surface area contributed by atoms with E-state index in [1.54, 1.807) is 14.2 Å². The second-order valence-corrected chi connectivity index (χ2v) is 4.71. The molecule has 0 spiro atoms. The molecule has 0 aromatic heterocycles. The number of benzene rings is 1. The van der Waals surface area contributed by atoms with Crippen LogP contribution in [0.4, 0.5) is 0 Å². The number of amides is 1. The number of hydrogen-bond donors (Lipinski definition) is 3. The molecule has 0 fully saturated rings. The zero-order valence-corrected chi connectivity index (χ0v) is 16.3. The number of halogens is 1. The third-order valence-electron chi connectivity index (χ3n) is 3.03. The van der Waals surface area contributed by atoms with Crippen molar-refractivity contribution in [1.29, 1.82) is 0 Å². The molecule has 0 aliphatic carbocycles. The zero-order chi connectivity index (χ0) is 16.2. The molecule has 1 aromatic carbocycles. The van der Waals surface area contributed by atoms with Gasteiger partial charge in [-0.1, -0.05) is 12.1 Å². The molecule has 130 valence electrons. The number of carbonyl (C=O) groups excluding carboxylic acids is 1. The fraction of sp³-hybridized carbons (Fsp3) is 0.500. The van der Waals surface area contributed by atoms with Crippen molar-refractivity contribution in [2.24, 2.45) is 4.99 Å². The molecule has 0 atom stereocenters. The highest BCUT2D eigenvalue weighted by atomic mass is 127. The average Bonchev–Trinajstić information content (AvgIpc) is 2.54. The molecule has 0 heterocycles. The number of carbonyl (C=O) groups is 1. The largest absolute Gasteiger partial charge is 0.383 e. The van der Waals surface area contributed by atoms with Gasteiger partial charge in [-0.2, -0.15) is 0 Å². The predicted molar refractivity (Wildman–Crippen MR) is 105 cm³/mol. The minimum Gasteiger partial charge on any atom is -0.383 e. The molecule has 0 aliphatic rings. The quantitative estimate of drug-likeness (QED) is 0.250. The SMILES string of the molecule is CCNC(=NCCOC)NCCc1cccc(C(=O)NC)c1.I. The van der Waals surface area contributed by atoms with Crippen molar-refractivity contribution in [3.63, 3.8) is 0 Å². The number of guanidine groups is 1. The number of nitrogens with zero attached hydrogens (tertiary/aromatic N) is 1. The molecule has 6 nitrogen and oxygen atoms in total. The number of ether oxygens (including phenoxy) is 1. The van der Waals surface area contributed by atoms with Crippen LogP contribution in [0.1, 0.15) is 22.8 Å². The van der Waals surface area contributed by atoms with E-state index in [0.717, 1.165) is 31.0 Å². The first kappa shape index (κ1) is 21.6. The van der Waals surface area contributed by atoms with Gasteiger partial charge in [-0.05, 0) is 31.0 Å². The van der Waals surface area contributed by atoms with E-state index in [0.29, 0.717) is 18.7 Å². The summed E-state index contributed by atoms with van der Waals surface area (Å²) in [5, 5.41) is 9.09. The number of hydrogen-bond acceptors (Lipinski definition) is 3. The maximum absolute atomic E-state index is 11.6. The topological polar surface area (TPSA) is 74.8 Å². The lowest BCUT2D eigenvalue weighted by Gasteiger charge is -2.11. The maximum atomic E-state index is 11.6. The fourth-order valence-corrected chi connectivity index (χ4v) is 1.93. The summed E-state index contributed by atoms with van der Waals surface area (Å²) in [7, 11) is 3.30. The Bertz CT molecular complexity index is 495. The molecular formula is C16H27IN4O2. The first-order chi connectivity index (χ1) is 10.7. The van der Waals surface area contributed by atoms with Gasteiger partial charge in [-0.25, -0.2) is 0 Å². The van der Waals surface area contributed by atoms with Crippen molar-refractivity contribution in [1.82, 2.24) is 16.0 Å². The number of nitrogens with one attached hydrogen (secondary N) is 3. The van der Waals surface area contributed by atoms with Gasteiger partial charge in [0, 0.05) is 32.8 Å². The van der Waals surface area contributed by atoms with E-state index in [4.69, 9.17) is 4.74 Å².